The molecule has 34 heavy (non-hydrogen) atoms. The number of carbonyl (C=O) groups is 3. The van der Waals surface area contributed by atoms with Gasteiger partial charge in [0.05, 0.1) is 23.9 Å². The van der Waals surface area contributed by atoms with Gasteiger partial charge >= 0.3 is 11.9 Å². The summed E-state index contributed by atoms with van der Waals surface area (Å²) >= 11 is 0. The van der Waals surface area contributed by atoms with Crippen LogP contribution in [0.3, 0.4) is 0 Å². The molecule has 0 aliphatic carbocycles. The number of hydrogen-bond donors (Lipinski definition) is 0. The fourth-order valence-corrected chi connectivity index (χ4v) is 4.38. The molecular weight excluding hydrogens is 470 g/mol. The van der Waals surface area contributed by atoms with Gasteiger partial charge in [-0.3, -0.25) is 24.5 Å². The van der Waals surface area contributed by atoms with Gasteiger partial charge in [0.15, 0.2) is 4.90 Å². The Kier molecular flexibility index (Phi) is 10.1. The molecule has 190 valence electrons. The number of rotatable bonds is 11. The molecule has 0 N–H and O–H groups in total. The molecule has 0 bridgehead atoms. The summed E-state index contributed by atoms with van der Waals surface area (Å²) in [5.74, 6) is -3.33. The summed E-state index contributed by atoms with van der Waals surface area (Å²) in [6.45, 7) is 5.74. The Bertz CT molecular complexity index is 1020. The minimum atomic E-state index is -4.39. The summed E-state index contributed by atoms with van der Waals surface area (Å²) in [7, 11) is -1.93. The van der Waals surface area contributed by atoms with Gasteiger partial charge in [0, 0.05) is 26.7 Å². The number of ether oxygens (including phenoxy) is 2. The Morgan fingerprint density at radius 2 is 1.71 bits per heavy atom. The van der Waals surface area contributed by atoms with E-state index in [1.165, 1.54) is 19.2 Å². The maximum absolute atomic E-state index is 13.1. The zero-order valence-corrected chi connectivity index (χ0v) is 21.0. The lowest BCUT2D eigenvalue weighted by atomic mass is 10.0. The van der Waals surface area contributed by atoms with Crippen molar-refractivity contribution in [1.29, 1.82) is 0 Å². The Labute approximate surface area is 199 Å². The molecule has 0 unspecified atom stereocenters. The van der Waals surface area contributed by atoms with Crippen molar-refractivity contribution >= 4 is 33.6 Å². The third kappa shape index (κ3) is 8.37. The van der Waals surface area contributed by atoms with Crippen LogP contribution < -0.4 is 0 Å². The summed E-state index contributed by atoms with van der Waals surface area (Å²) < 4.78 is 37.0. The zero-order chi connectivity index (χ0) is 26.3. The molecule has 0 aliphatic rings. The minimum absolute atomic E-state index is 0.110. The monoisotopic (exact) mass is 501 g/mol. The van der Waals surface area contributed by atoms with E-state index in [-0.39, 0.29) is 6.61 Å². The van der Waals surface area contributed by atoms with Gasteiger partial charge in [-0.1, -0.05) is 12.1 Å². The number of esters is 2. The maximum atomic E-state index is 13.1. The van der Waals surface area contributed by atoms with Crippen LogP contribution in [0.1, 0.15) is 34.1 Å². The van der Waals surface area contributed by atoms with Crippen LogP contribution in [0.15, 0.2) is 29.2 Å². The van der Waals surface area contributed by atoms with Crippen LogP contribution >= 0.6 is 0 Å². The summed E-state index contributed by atoms with van der Waals surface area (Å²) in [5, 5.41) is 11.3. The minimum Gasteiger partial charge on any atom is -0.465 e. The first kappa shape index (κ1) is 29.0. The van der Waals surface area contributed by atoms with E-state index in [1.54, 1.807) is 27.7 Å². The van der Waals surface area contributed by atoms with Gasteiger partial charge in [0.2, 0.25) is 15.9 Å². The Morgan fingerprint density at radius 1 is 1.12 bits per heavy atom. The summed E-state index contributed by atoms with van der Waals surface area (Å²) in [4.78, 5) is 48.2. The van der Waals surface area contributed by atoms with Crippen LogP contribution in [0, 0.1) is 16.0 Å². The lowest BCUT2D eigenvalue weighted by molar-refractivity contribution is -0.387. The van der Waals surface area contributed by atoms with Crippen LogP contribution in [-0.4, -0.2) is 79.8 Å². The summed E-state index contributed by atoms with van der Waals surface area (Å²) in [6.07, 6.45) is -0.472. The predicted octanol–water partition coefficient (Wildman–Crippen LogP) is 1.58. The standard InChI is InChI=1S/C21H31N3O9S/c1-7-32-19(26)14-22(5)20(27)15(12-18(25)33-21(2,3)4)13-23(6)34(30,31)17-11-9-8-10-16(17)24(28)29/h8-11,15H,7,12-14H2,1-6H3/t15-/m0/s1. The van der Waals surface area contributed by atoms with Crippen molar-refractivity contribution in [2.75, 3.05) is 33.8 Å². The first-order valence-corrected chi connectivity index (χ1v) is 11.9. The Balaban J connectivity index is 3.23. The second-order valence-corrected chi connectivity index (χ2v) is 10.5. The molecule has 0 aliphatic heterocycles. The van der Waals surface area contributed by atoms with Gasteiger partial charge in [0.1, 0.15) is 12.1 Å². The summed E-state index contributed by atoms with van der Waals surface area (Å²) in [6, 6.07) is 4.80. The molecule has 0 radical (unpaired) electrons. The van der Waals surface area contributed by atoms with E-state index < -0.39 is 74.4 Å². The molecule has 1 atom stereocenters. The molecular formula is C21H31N3O9S. The smallest absolute Gasteiger partial charge is 0.325 e. The van der Waals surface area contributed by atoms with E-state index >= 15 is 0 Å². The molecule has 12 nitrogen and oxygen atoms in total. The van der Waals surface area contributed by atoms with Crippen molar-refractivity contribution in [1.82, 2.24) is 9.21 Å². The molecule has 13 heteroatoms. The number of para-hydroxylation sites is 1. The van der Waals surface area contributed by atoms with E-state index in [0.717, 1.165) is 28.4 Å². The quantitative estimate of drug-likeness (QED) is 0.250. The second kappa shape index (κ2) is 11.9. The number of nitro groups is 1. The number of likely N-dealkylation sites (N-methyl/N-ethyl adjacent to an activating group) is 1. The molecule has 0 heterocycles. The van der Waals surface area contributed by atoms with E-state index in [1.807, 2.05) is 0 Å². The number of nitrogens with zero attached hydrogens (tertiary/aromatic N) is 3. The second-order valence-electron chi connectivity index (χ2n) is 8.50. The third-order valence-electron chi connectivity index (χ3n) is 4.46. The Morgan fingerprint density at radius 3 is 2.24 bits per heavy atom. The fraction of sp³-hybridized carbons (Fsp3) is 0.571. The van der Waals surface area contributed by atoms with Gasteiger partial charge in [-0.2, -0.15) is 4.31 Å². The van der Waals surface area contributed by atoms with Gasteiger partial charge in [0.25, 0.3) is 5.69 Å². The number of amides is 1. The lowest BCUT2D eigenvalue weighted by Gasteiger charge is -2.27. The number of hydrogen-bond acceptors (Lipinski definition) is 9. The normalized spacial score (nSPS) is 12.7. The Hall–Kier alpha value is -3.06. The highest BCUT2D eigenvalue weighted by Crippen LogP contribution is 2.27. The fourth-order valence-electron chi connectivity index (χ4n) is 3.01. The number of nitro benzene ring substituents is 1. The number of carbonyl (C=O) groups excluding carboxylic acids is 3. The number of sulfonamides is 1. The molecule has 1 aromatic carbocycles. The van der Waals surface area contributed by atoms with Crippen LogP contribution in [0.25, 0.3) is 0 Å². The van der Waals surface area contributed by atoms with E-state index in [9.17, 15) is 32.9 Å². The number of benzene rings is 1. The van der Waals surface area contributed by atoms with Crippen LogP contribution in [-0.2, 0) is 33.9 Å². The van der Waals surface area contributed by atoms with Crippen molar-refractivity contribution in [3.05, 3.63) is 34.4 Å². The molecule has 0 saturated carbocycles. The van der Waals surface area contributed by atoms with Gasteiger partial charge in [-0.15, -0.1) is 0 Å². The van der Waals surface area contributed by atoms with E-state index in [0.29, 0.717) is 0 Å². The van der Waals surface area contributed by atoms with Crippen LogP contribution in [0.2, 0.25) is 0 Å². The average molecular weight is 502 g/mol. The molecule has 1 rings (SSSR count). The maximum Gasteiger partial charge on any atom is 0.325 e. The van der Waals surface area contributed by atoms with E-state index in [2.05, 4.69) is 0 Å². The van der Waals surface area contributed by atoms with Crippen molar-refractivity contribution in [2.45, 2.75) is 44.6 Å². The van der Waals surface area contributed by atoms with Crippen LogP contribution in [0.4, 0.5) is 5.69 Å². The molecule has 0 aromatic heterocycles. The topological polar surface area (TPSA) is 153 Å². The molecule has 1 amide bonds. The van der Waals surface area contributed by atoms with E-state index in [4.69, 9.17) is 9.47 Å². The van der Waals surface area contributed by atoms with Crippen LogP contribution in [0.5, 0.6) is 0 Å². The van der Waals surface area contributed by atoms with Crippen molar-refractivity contribution in [3.8, 4) is 0 Å². The molecule has 1 aromatic rings. The highest BCUT2D eigenvalue weighted by atomic mass is 32.2. The van der Waals surface area contributed by atoms with Gasteiger partial charge < -0.3 is 14.4 Å². The highest BCUT2D eigenvalue weighted by Gasteiger charge is 2.35. The zero-order valence-electron chi connectivity index (χ0n) is 20.1. The summed E-state index contributed by atoms with van der Waals surface area (Å²) in [5.41, 5.74) is -1.46. The third-order valence-corrected chi connectivity index (χ3v) is 6.33. The molecule has 0 fully saturated rings. The molecule has 0 spiro atoms. The SMILES string of the molecule is CCOC(=O)CN(C)C(=O)[C@@H](CC(=O)OC(C)(C)C)CN(C)S(=O)(=O)c1ccccc1[N+](=O)[O-]. The van der Waals surface area contributed by atoms with Crippen molar-refractivity contribution in [2.24, 2.45) is 5.92 Å². The van der Waals surface area contributed by atoms with Gasteiger partial charge in [-0.25, -0.2) is 8.42 Å². The highest BCUT2D eigenvalue weighted by molar-refractivity contribution is 7.89. The van der Waals surface area contributed by atoms with Gasteiger partial charge in [-0.05, 0) is 33.8 Å². The largest absolute Gasteiger partial charge is 0.465 e. The van der Waals surface area contributed by atoms with Crippen molar-refractivity contribution in [3.63, 3.8) is 0 Å². The molecule has 0 saturated heterocycles. The average Bonchev–Trinajstić information content (AvgIpc) is 2.71. The predicted molar refractivity (Wildman–Crippen MR) is 121 cm³/mol. The van der Waals surface area contributed by atoms with Crippen molar-refractivity contribution < 1.29 is 37.2 Å². The lowest BCUT2D eigenvalue weighted by Crippen LogP contribution is -2.44. The first-order valence-electron chi connectivity index (χ1n) is 10.4. The first-order chi connectivity index (χ1) is 15.6.